The Labute approximate surface area is 147 Å². The van der Waals surface area contributed by atoms with Gasteiger partial charge in [0.1, 0.15) is 5.75 Å². The first kappa shape index (κ1) is 19.0. The van der Waals surface area contributed by atoms with Crippen molar-refractivity contribution in [3.05, 3.63) is 40.8 Å². The van der Waals surface area contributed by atoms with Crippen molar-refractivity contribution in [2.45, 2.75) is 45.8 Å². The Kier molecular flexibility index (Phi) is 7.01. The Bertz CT molecular complexity index is 768. The van der Waals surface area contributed by atoms with Gasteiger partial charge in [0.05, 0.1) is 12.0 Å². The molecule has 1 unspecified atom stereocenters. The first-order valence-electron chi connectivity index (χ1n) is 8.67. The molecule has 0 aliphatic carbocycles. The SMILES string of the molecule is CCCCC(Oc1cccc2c(=O)n(CCOCC)ccc12)C(=O)O. The van der Waals surface area contributed by atoms with E-state index in [4.69, 9.17) is 9.47 Å². The molecular weight excluding hydrogens is 322 g/mol. The molecule has 1 heterocycles. The zero-order chi connectivity index (χ0) is 18.2. The first-order valence-corrected chi connectivity index (χ1v) is 8.67. The van der Waals surface area contributed by atoms with Crippen LogP contribution >= 0.6 is 0 Å². The van der Waals surface area contributed by atoms with Gasteiger partial charge in [0.25, 0.3) is 5.56 Å². The van der Waals surface area contributed by atoms with Crippen LogP contribution in [0.2, 0.25) is 0 Å². The Morgan fingerprint density at radius 2 is 2.04 bits per heavy atom. The van der Waals surface area contributed by atoms with Gasteiger partial charge in [0, 0.05) is 24.7 Å². The van der Waals surface area contributed by atoms with E-state index in [1.54, 1.807) is 35.0 Å². The molecule has 1 aromatic carbocycles. The van der Waals surface area contributed by atoms with Crippen molar-refractivity contribution in [1.29, 1.82) is 0 Å². The number of unbranched alkanes of at least 4 members (excludes halogenated alkanes) is 1. The van der Waals surface area contributed by atoms with Gasteiger partial charge in [-0.2, -0.15) is 0 Å². The molecule has 1 atom stereocenters. The normalized spacial score (nSPS) is 12.2. The van der Waals surface area contributed by atoms with Crippen LogP contribution in [-0.4, -0.2) is 35.0 Å². The van der Waals surface area contributed by atoms with Crippen LogP contribution in [0.15, 0.2) is 35.3 Å². The van der Waals surface area contributed by atoms with E-state index in [0.717, 1.165) is 12.8 Å². The van der Waals surface area contributed by atoms with Crippen LogP contribution in [0.1, 0.15) is 33.1 Å². The maximum absolute atomic E-state index is 12.6. The second kappa shape index (κ2) is 9.22. The summed E-state index contributed by atoms with van der Waals surface area (Å²) in [5, 5.41) is 10.5. The highest BCUT2D eigenvalue weighted by atomic mass is 16.5. The Balaban J connectivity index is 2.31. The zero-order valence-corrected chi connectivity index (χ0v) is 14.7. The molecule has 0 aliphatic heterocycles. The lowest BCUT2D eigenvalue weighted by atomic mass is 10.1. The smallest absolute Gasteiger partial charge is 0.344 e. The molecule has 136 valence electrons. The highest BCUT2D eigenvalue weighted by molar-refractivity contribution is 5.87. The third-order valence-corrected chi connectivity index (χ3v) is 4.02. The van der Waals surface area contributed by atoms with Crippen LogP contribution in [0.3, 0.4) is 0 Å². The number of ether oxygens (including phenoxy) is 2. The van der Waals surface area contributed by atoms with Gasteiger partial charge in [0.15, 0.2) is 6.10 Å². The highest BCUT2D eigenvalue weighted by Gasteiger charge is 2.20. The van der Waals surface area contributed by atoms with Crippen LogP contribution in [-0.2, 0) is 16.1 Å². The van der Waals surface area contributed by atoms with Crippen molar-refractivity contribution >= 4 is 16.7 Å². The van der Waals surface area contributed by atoms with Gasteiger partial charge >= 0.3 is 5.97 Å². The van der Waals surface area contributed by atoms with E-state index >= 15 is 0 Å². The molecule has 25 heavy (non-hydrogen) atoms. The Hall–Kier alpha value is -2.34. The molecule has 0 spiro atoms. The number of carbonyl (C=O) groups is 1. The van der Waals surface area contributed by atoms with Crippen molar-refractivity contribution in [3.63, 3.8) is 0 Å². The average Bonchev–Trinajstić information content (AvgIpc) is 2.60. The molecule has 6 heteroatoms. The fourth-order valence-electron chi connectivity index (χ4n) is 2.65. The molecule has 0 amide bonds. The number of rotatable bonds is 10. The van der Waals surface area contributed by atoms with Gasteiger partial charge in [-0.05, 0) is 38.0 Å². The van der Waals surface area contributed by atoms with Crippen LogP contribution < -0.4 is 10.3 Å². The minimum atomic E-state index is -0.990. The summed E-state index contributed by atoms with van der Waals surface area (Å²) < 4.78 is 12.6. The summed E-state index contributed by atoms with van der Waals surface area (Å²) in [5.74, 6) is -0.564. The van der Waals surface area contributed by atoms with E-state index in [-0.39, 0.29) is 5.56 Å². The summed E-state index contributed by atoms with van der Waals surface area (Å²) in [4.78, 5) is 24.0. The summed E-state index contributed by atoms with van der Waals surface area (Å²) in [7, 11) is 0. The maximum Gasteiger partial charge on any atom is 0.344 e. The van der Waals surface area contributed by atoms with Crippen molar-refractivity contribution in [2.75, 3.05) is 13.2 Å². The van der Waals surface area contributed by atoms with Gasteiger partial charge in [-0.1, -0.05) is 19.4 Å². The third kappa shape index (κ3) is 4.82. The van der Waals surface area contributed by atoms with E-state index in [9.17, 15) is 14.7 Å². The molecule has 6 nitrogen and oxygen atoms in total. The number of carboxylic acids is 1. The zero-order valence-electron chi connectivity index (χ0n) is 14.7. The first-order chi connectivity index (χ1) is 12.1. The van der Waals surface area contributed by atoms with Gasteiger partial charge in [0.2, 0.25) is 0 Å². The topological polar surface area (TPSA) is 77.8 Å². The second-order valence-electron chi connectivity index (χ2n) is 5.82. The molecule has 1 N–H and O–H groups in total. The standard InChI is InChI=1S/C19H25NO5/c1-3-5-8-17(19(22)23)25-16-9-6-7-15-14(16)10-11-20(18(15)21)12-13-24-4-2/h6-7,9-11,17H,3-5,8,12-13H2,1-2H3,(H,22,23). The van der Waals surface area contributed by atoms with Crippen molar-refractivity contribution in [3.8, 4) is 5.75 Å². The molecule has 0 saturated carbocycles. The molecule has 0 fully saturated rings. The largest absolute Gasteiger partial charge is 0.479 e. The van der Waals surface area contributed by atoms with E-state index in [0.29, 0.717) is 42.7 Å². The van der Waals surface area contributed by atoms with Crippen molar-refractivity contribution in [2.24, 2.45) is 0 Å². The number of aliphatic carboxylic acids is 1. The molecular formula is C19H25NO5. The predicted molar refractivity (Wildman–Crippen MR) is 96.3 cm³/mol. The van der Waals surface area contributed by atoms with Gasteiger partial charge in [-0.25, -0.2) is 4.79 Å². The van der Waals surface area contributed by atoms with Crippen LogP contribution in [0, 0.1) is 0 Å². The lowest BCUT2D eigenvalue weighted by Crippen LogP contribution is -2.27. The van der Waals surface area contributed by atoms with Gasteiger partial charge < -0.3 is 19.1 Å². The minimum absolute atomic E-state index is 0.136. The van der Waals surface area contributed by atoms with Crippen molar-refractivity contribution in [1.82, 2.24) is 4.57 Å². The summed E-state index contributed by atoms with van der Waals surface area (Å²) >= 11 is 0. The number of benzene rings is 1. The number of hydrogen-bond acceptors (Lipinski definition) is 4. The summed E-state index contributed by atoms with van der Waals surface area (Å²) in [6.07, 6.45) is 2.89. The summed E-state index contributed by atoms with van der Waals surface area (Å²) in [6, 6.07) is 6.93. The molecule has 0 saturated heterocycles. The van der Waals surface area contributed by atoms with Crippen LogP contribution in [0.5, 0.6) is 5.75 Å². The Morgan fingerprint density at radius 1 is 1.24 bits per heavy atom. The molecule has 2 rings (SSSR count). The summed E-state index contributed by atoms with van der Waals surface area (Å²) in [6.45, 7) is 5.46. The quantitative estimate of drug-likeness (QED) is 0.668. The number of hydrogen-bond donors (Lipinski definition) is 1. The van der Waals surface area contributed by atoms with Crippen molar-refractivity contribution < 1.29 is 19.4 Å². The monoisotopic (exact) mass is 347 g/mol. The average molecular weight is 347 g/mol. The lowest BCUT2D eigenvalue weighted by Gasteiger charge is -2.17. The molecule has 0 bridgehead atoms. The lowest BCUT2D eigenvalue weighted by molar-refractivity contribution is -0.145. The fraction of sp³-hybridized carbons (Fsp3) is 0.474. The van der Waals surface area contributed by atoms with Crippen LogP contribution in [0.25, 0.3) is 10.8 Å². The minimum Gasteiger partial charge on any atom is -0.479 e. The van der Waals surface area contributed by atoms with E-state index in [2.05, 4.69) is 0 Å². The van der Waals surface area contributed by atoms with E-state index < -0.39 is 12.1 Å². The molecule has 0 radical (unpaired) electrons. The van der Waals surface area contributed by atoms with E-state index in [1.807, 2.05) is 13.8 Å². The Morgan fingerprint density at radius 3 is 2.72 bits per heavy atom. The molecule has 1 aromatic heterocycles. The number of pyridine rings is 1. The second-order valence-corrected chi connectivity index (χ2v) is 5.82. The van der Waals surface area contributed by atoms with E-state index in [1.165, 1.54) is 0 Å². The van der Waals surface area contributed by atoms with Crippen LogP contribution in [0.4, 0.5) is 0 Å². The molecule has 2 aromatic rings. The number of carboxylic acid groups (broad SMARTS) is 1. The number of aromatic nitrogens is 1. The number of nitrogens with zero attached hydrogens (tertiary/aromatic N) is 1. The number of fused-ring (bicyclic) bond motifs is 1. The van der Waals surface area contributed by atoms with Gasteiger partial charge in [-0.3, -0.25) is 4.79 Å². The third-order valence-electron chi connectivity index (χ3n) is 4.02. The fourth-order valence-corrected chi connectivity index (χ4v) is 2.65. The molecule has 0 aliphatic rings. The highest BCUT2D eigenvalue weighted by Crippen LogP contribution is 2.25. The summed E-state index contributed by atoms with van der Waals surface area (Å²) in [5.41, 5.74) is -0.136. The van der Waals surface area contributed by atoms with Gasteiger partial charge in [-0.15, -0.1) is 0 Å². The maximum atomic E-state index is 12.6. The predicted octanol–water partition coefficient (Wildman–Crippen LogP) is 3.06.